The van der Waals surface area contributed by atoms with Crippen LogP contribution in [0.4, 0.5) is 0 Å². The van der Waals surface area contributed by atoms with Gasteiger partial charge in [-0.3, -0.25) is 14.7 Å². The Hall–Kier alpha value is -1.35. The Morgan fingerprint density at radius 3 is 2.35 bits per heavy atom. The lowest BCUT2D eigenvalue weighted by molar-refractivity contribution is -0.147. The zero-order chi connectivity index (χ0) is 13.0. The van der Waals surface area contributed by atoms with E-state index < -0.39 is 11.4 Å². The van der Waals surface area contributed by atoms with Gasteiger partial charge in [0.15, 0.2) is 5.41 Å². The van der Waals surface area contributed by atoms with E-state index in [-0.39, 0.29) is 24.8 Å². The van der Waals surface area contributed by atoms with Gasteiger partial charge in [-0.2, -0.15) is 5.26 Å². The number of nitrogens with zero attached hydrogens (tertiary/aromatic N) is 3. The zero-order valence-corrected chi connectivity index (χ0v) is 12.5. The molecule has 0 atom stereocenters. The van der Waals surface area contributed by atoms with E-state index >= 15 is 0 Å². The molecule has 0 saturated carbocycles. The van der Waals surface area contributed by atoms with Gasteiger partial charge >= 0.3 is 5.97 Å². The summed E-state index contributed by atoms with van der Waals surface area (Å²) in [6.45, 7) is 2.06. The number of piperidine rings is 1. The fourth-order valence-corrected chi connectivity index (χ4v) is 2.21. The molecule has 110 valence electrons. The minimum Gasteiger partial charge on any atom is -0.480 e. The number of carboxylic acid groups (broad SMARTS) is 1. The zero-order valence-electron chi connectivity index (χ0n) is 10.9. The number of hydrogen-bond acceptors (Lipinski definition) is 4. The number of carboxylic acids is 1. The van der Waals surface area contributed by atoms with E-state index in [2.05, 4.69) is 9.88 Å². The number of pyridine rings is 1. The van der Waals surface area contributed by atoms with Crippen molar-refractivity contribution in [3.05, 3.63) is 30.1 Å². The van der Waals surface area contributed by atoms with E-state index in [1.165, 1.54) is 0 Å². The van der Waals surface area contributed by atoms with E-state index in [0.29, 0.717) is 25.9 Å². The average molecular weight is 318 g/mol. The number of likely N-dealkylation sites (tertiary alicyclic amines) is 1. The van der Waals surface area contributed by atoms with Gasteiger partial charge in [0.25, 0.3) is 0 Å². The molecule has 1 N–H and O–H groups in total. The first-order valence-electron chi connectivity index (χ1n) is 5.92. The second kappa shape index (κ2) is 8.05. The van der Waals surface area contributed by atoms with Crippen molar-refractivity contribution in [2.75, 3.05) is 13.1 Å². The van der Waals surface area contributed by atoms with Crippen LogP contribution in [0.3, 0.4) is 0 Å². The summed E-state index contributed by atoms with van der Waals surface area (Å²) in [6, 6.07) is 5.86. The molecule has 7 heteroatoms. The Bertz CT molecular complexity index is 468. The van der Waals surface area contributed by atoms with Crippen LogP contribution in [-0.4, -0.2) is 34.0 Å². The maximum absolute atomic E-state index is 11.1. The molecule has 1 saturated heterocycles. The summed E-state index contributed by atoms with van der Waals surface area (Å²) in [4.78, 5) is 17.3. The Kier molecular flexibility index (Phi) is 7.51. The molecule has 20 heavy (non-hydrogen) atoms. The second-order valence-electron chi connectivity index (χ2n) is 4.63. The highest BCUT2D eigenvalue weighted by Gasteiger charge is 2.41. The fourth-order valence-electron chi connectivity index (χ4n) is 2.21. The van der Waals surface area contributed by atoms with Crippen LogP contribution >= 0.6 is 24.8 Å². The topological polar surface area (TPSA) is 77.2 Å². The van der Waals surface area contributed by atoms with Gasteiger partial charge in [0, 0.05) is 32.0 Å². The molecular weight excluding hydrogens is 301 g/mol. The second-order valence-corrected chi connectivity index (χ2v) is 4.63. The van der Waals surface area contributed by atoms with Crippen molar-refractivity contribution in [3.8, 4) is 6.07 Å². The van der Waals surface area contributed by atoms with E-state index in [0.717, 1.165) is 12.1 Å². The van der Waals surface area contributed by atoms with Crippen molar-refractivity contribution in [2.45, 2.75) is 19.4 Å². The summed E-state index contributed by atoms with van der Waals surface area (Å²) in [5.41, 5.74) is -0.0286. The highest BCUT2D eigenvalue weighted by atomic mass is 35.5. The standard InChI is InChI=1S/C13H15N3O2.2ClH/c14-10-13(12(17)18)3-7-16(8-4-13)9-11-1-5-15-6-2-11;;/h1-2,5-6H,3-4,7-9H2,(H,17,18);2*1H. The Labute approximate surface area is 130 Å². The predicted octanol–water partition coefficient (Wildman–Crippen LogP) is 2.12. The van der Waals surface area contributed by atoms with Gasteiger partial charge in [0.05, 0.1) is 6.07 Å². The van der Waals surface area contributed by atoms with E-state index in [1.807, 2.05) is 18.2 Å². The molecule has 0 radical (unpaired) electrons. The van der Waals surface area contributed by atoms with Crippen molar-refractivity contribution in [1.29, 1.82) is 5.26 Å². The van der Waals surface area contributed by atoms with Gasteiger partial charge in [0.2, 0.25) is 0 Å². The van der Waals surface area contributed by atoms with Crippen LogP contribution in [0.1, 0.15) is 18.4 Å². The normalized spacial score (nSPS) is 17.1. The molecule has 2 heterocycles. The SMILES string of the molecule is Cl.Cl.N#CC1(C(=O)O)CCN(Cc2ccncc2)CC1. The van der Waals surface area contributed by atoms with Crippen molar-refractivity contribution >= 4 is 30.8 Å². The first-order chi connectivity index (χ1) is 8.66. The van der Waals surface area contributed by atoms with Gasteiger partial charge in [-0.1, -0.05) is 0 Å². The maximum atomic E-state index is 11.1. The van der Waals surface area contributed by atoms with Crippen molar-refractivity contribution in [2.24, 2.45) is 5.41 Å². The number of hydrogen-bond donors (Lipinski definition) is 1. The molecule has 0 aliphatic carbocycles. The minimum absolute atomic E-state index is 0. The molecule has 1 aliphatic heterocycles. The quantitative estimate of drug-likeness (QED) is 0.923. The lowest BCUT2D eigenvalue weighted by Gasteiger charge is -2.34. The summed E-state index contributed by atoms with van der Waals surface area (Å²) in [7, 11) is 0. The third-order valence-corrected chi connectivity index (χ3v) is 3.49. The monoisotopic (exact) mass is 317 g/mol. The minimum atomic E-state index is -1.19. The average Bonchev–Trinajstić information content (AvgIpc) is 2.41. The molecular formula is C13H17Cl2N3O2. The van der Waals surface area contributed by atoms with Crippen LogP contribution in [0.5, 0.6) is 0 Å². The molecule has 5 nitrogen and oxygen atoms in total. The summed E-state index contributed by atoms with van der Waals surface area (Å²) in [5, 5.41) is 18.1. The third kappa shape index (κ3) is 4.07. The summed E-state index contributed by atoms with van der Waals surface area (Å²) in [5.74, 6) is -0.992. The molecule has 1 aromatic rings. The molecule has 1 aromatic heterocycles. The lowest BCUT2D eigenvalue weighted by atomic mass is 9.80. The van der Waals surface area contributed by atoms with Gasteiger partial charge in [-0.05, 0) is 30.5 Å². The number of aliphatic carboxylic acids is 1. The molecule has 0 aromatic carbocycles. The molecule has 0 bridgehead atoms. The van der Waals surface area contributed by atoms with E-state index in [9.17, 15) is 4.79 Å². The Morgan fingerprint density at radius 2 is 1.90 bits per heavy atom. The first kappa shape index (κ1) is 18.7. The van der Waals surface area contributed by atoms with Crippen molar-refractivity contribution < 1.29 is 9.90 Å². The molecule has 1 fully saturated rings. The summed E-state index contributed by atoms with van der Waals surface area (Å²) < 4.78 is 0. The first-order valence-corrected chi connectivity index (χ1v) is 5.92. The van der Waals surface area contributed by atoms with Crippen LogP contribution in [0.2, 0.25) is 0 Å². The lowest BCUT2D eigenvalue weighted by Crippen LogP contribution is -2.43. The van der Waals surface area contributed by atoms with Crippen LogP contribution in [0.15, 0.2) is 24.5 Å². The van der Waals surface area contributed by atoms with Crippen molar-refractivity contribution in [3.63, 3.8) is 0 Å². The Morgan fingerprint density at radius 1 is 1.35 bits per heavy atom. The molecule has 1 aliphatic rings. The molecule has 0 amide bonds. The number of rotatable bonds is 3. The van der Waals surface area contributed by atoms with Gasteiger partial charge in [-0.15, -0.1) is 24.8 Å². The van der Waals surface area contributed by atoms with Crippen LogP contribution in [0, 0.1) is 16.7 Å². The number of halogens is 2. The maximum Gasteiger partial charge on any atom is 0.324 e. The molecule has 0 unspecified atom stereocenters. The highest BCUT2D eigenvalue weighted by molar-refractivity contribution is 5.85. The number of aromatic nitrogens is 1. The van der Waals surface area contributed by atoms with Crippen LogP contribution in [-0.2, 0) is 11.3 Å². The largest absolute Gasteiger partial charge is 0.480 e. The molecule has 2 rings (SSSR count). The third-order valence-electron chi connectivity index (χ3n) is 3.49. The van der Waals surface area contributed by atoms with Crippen LogP contribution < -0.4 is 0 Å². The van der Waals surface area contributed by atoms with E-state index in [1.54, 1.807) is 12.4 Å². The molecule has 0 spiro atoms. The van der Waals surface area contributed by atoms with Gasteiger partial charge in [-0.25, -0.2) is 0 Å². The van der Waals surface area contributed by atoms with Crippen molar-refractivity contribution in [1.82, 2.24) is 9.88 Å². The summed E-state index contributed by atoms with van der Waals surface area (Å²) >= 11 is 0. The smallest absolute Gasteiger partial charge is 0.324 e. The van der Waals surface area contributed by atoms with E-state index in [4.69, 9.17) is 10.4 Å². The van der Waals surface area contributed by atoms with Gasteiger partial charge < -0.3 is 5.11 Å². The number of nitriles is 1. The van der Waals surface area contributed by atoms with Gasteiger partial charge in [0.1, 0.15) is 0 Å². The number of carbonyl (C=O) groups is 1. The fraction of sp³-hybridized carbons (Fsp3) is 0.462. The summed E-state index contributed by atoms with van der Waals surface area (Å²) in [6.07, 6.45) is 4.28. The highest BCUT2D eigenvalue weighted by Crippen LogP contribution is 2.31. The Balaban J connectivity index is 0.00000180. The van der Waals surface area contributed by atoms with Crippen LogP contribution in [0.25, 0.3) is 0 Å². The predicted molar refractivity (Wildman–Crippen MR) is 78.9 cm³/mol.